The highest BCUT2D eigenvalue weighted by Gasteiger charge is 2.30. The number of carbonyl (C=O) groups is 1. The molecule has 0 aliphatic heterocycles. The first-order chi connectivity index (χ1) is 11.5. The van der Waals surface area contributed by atoms with E-state index in [0.29, 0.717) is 0 Å². The van der Waals surface area contributed by atoms with Gasteiger partial charge in [0.15, 0.2) is 0 Å². The maximum atomic E-state index is 12.5. The summed E-state index contributed by atoms with van der Waals surface area (Å²) < 4.78 is 53.9. The van der Waals surface area contributed by atoms with Gasteiger partial charge < -0.3 is 5.11 Å². The van der Waals surface area contributed by atoms with Gasteiger partial charge >= 0.3 is 5.97 Å². The SMILES string of the molecule is CC(C)C[C@H](NS(=O)(=O)c1cccc(S(=O)(=O)NC2CC2)c1)C(=O)O. The smallest absolute Gasteiger partial charge is 0.321 e. The van der Waals surface area contributed by atoms with Crippen LogP contribution in [0, 0.1) is 5.92 Å². The predicted octanol–water partition coefficient (Wildman–Crippen LogP) is 0.905. The molecular weight excluding hydrogens is 368 g/mol. The molecule has 0 radical (unpaired) electrons. The van der Waals surface area contributed by atoms with Gasteiger partial charge in [-0.3, -0.25) is 4.79 Å². The summed E-state index contributed by atoms with van der Waals surface area (Å²) in [7, 11) is -7.97. The average Bonchev–Trinajstić information content (AvgIpc) is 3.29. The van der Waals surface area contributed by atoms with Crippen molar-refractivity contribution < 1.29 is 26.7 Å². The van der Waals surface area contributed by atoms with E-state index in [1.54, 1.807) is 13.8 Å². The molecule has 0 bridgehead atoms. The number of benzene rings is 1. The summed E-state index contributed by atoms with van der Waals surface area (Å²) in [5.74, 6) is -1.31. The Bertz CT molecular complexity index is 845. The zero-order valence-electron chi connectivity index (χ0n) is 14.0. The van der Waals surface area contributed by atoms with Gasteiger partial charge in [0.2, 0.25) is 20.0 Å². The molecule has 0 heterocycles. The Labute approximate surface area is 147 Å². The third-order valence-corrected chi connectivity index (χ3v) is 6.62. The van der Waals surface area contributed by atoms with Gasteiger partial charge in [0, 0.05) is 6.04 Å². The largest absolute Gasteiger partial charge is 0.480 e. The van der Waals surface area contributed by atoms with Crippen LogP contribution >= 0.6 is 0 Å². The van der Waals surface area contributed by atoms with Crippen LogP contribution in [0.25, 0.3) is 0 Å². The summed E-state index contributed by atoms with van der Waals surface area (Å²) >= 11 is 0. The first kappa shape index (κ1) is 19.8. The van der Waals surface area contributed by atoms with E-state index >= 15 is 0 Å². The molecule has 0 unspecified atom stereocenters. The number of carboxylic acids is 1. The second kappa shape index (κ2) is 7.40. The van der Waals surface area contributed by atoms with Gasteiger partial charge in [-0.15, -0.1) is 0 Å². The third kappa shape index (κ3) is 5.50. The third-order valence-electron chi connectivity index (χ3n) is 3.63. The van der Waals surface area contributed by atoms with Crippen molar-refractivity contribution in [3.05, 3.63) is 24.3 Å². The molecule has 1 atom stereocenters. The molecule has 1 aliphatic carbocycles. The lowest BCUT2D eigenvalue weighted by Gasteiger charge is -2.17. The lowest BCUT2D eigenvalue weighted by atomic mass is 10.1. The Kier molecular flexibility index (Phi) is 5.87. The summed E-state index contributed by atoms with van der Waals surface area (Å²) in [6.45, 7) is 3.56. The minimum absolute atomic E-state index is 0.0294. The van der Waals surface area contributed by atoms with Crippen molar-refractivity contribution in [2.24, 2.45) is 5.92 Å². The standard InChI is InChI=1S/C15H22N2O6S2/c1-10(2)8-14(15(18)19)17-25(22,23)13-5-3-4-12(9-13)24(20,21)16-11-6-7-11/h3-5,9-11,14,16-17H,6-8H2,1-2H3,(H,18,19)/t14-/m0/s1. The molecule has 1 fully saturated rings. The number of carboxylic acid groups (broad SMARTS) is 1. The Morgan fingerprint density at radius 3 is 2.20 bits per heavy atom. The lowest BCUT2D eigenvalue weighted by Crippen LogP contribution is -2.41. The zero-order chi connectivity index (χ0) is 18.8. The highest BCUT2D eigenvalue weighted by molar-refractivity contribution is 7.90. The number of hydrogen-bond donors (Lipinski definition) is 3. The minimum Gasteiger partial charge on any atom is -0.480 e. The van der Waals surface area contributed by atoms with Gasteiger partial charge in [0.05, 0.1) is 9.79 Å². The summed E-state index contributed by atoms with van der Waals surface area (Å²) in [6.07, 6.45) is 1.64. The molecule has 0 amide bonds. The number of hydrogen-bond acceptors (Lipinski definition) is 5. The van der Waals surface area contributed by atoms with Gasteiger partial charge in [0.25, 0.3) is 0 Å². The van der Waals surface area contributed by atoms with Gasteiger partial charge in [-0.1, -0.05) is 19.9 Å². The van der Waals surface area contributed by atoms with Crippen molar-refractivity contribution >= 4 is 26.0 Å². The van der Waals surface area contributed by atoms with E-state index in [1.807, 2.05) is 0 Å². The first-order valence-electron chi connectivity index (χ1n) is 7.89. The quantitative estimate of drug-likeness (QED) is 0.574. The molecule has 1 aromatic carbocycles. The molecule has 25 heavy (non-hydrogen) atoms. The lowest BCUT2D eigenvalue weighted by molar-refractivity contribution is -0.139. The van der Waals surface area contributed by atoms with Crippen LogP contribution in [0.1, 0.15) is 33.1 Å². The fourth-order valence-electron chi connectivity index (χ4n) is 2.22. The predicted molar refractivity (Wildman–Crippen MR) is 91.0 cm³/mol. The average molecular weight is 390 g/mol. The van der Waals surface area contributed by atoms with Crippen LogP contribution in [-0.4, -0.2) is 40.0 Å². The highest BCUT2D eigenvalue weighted by atomic mass is 32.2. The minimum atomic E-state index is -4.17. The Morgan fingerprint density at radius 1 is 1.16 bits per heavy atom. The molecular formula is C15H22N2O6S2. The fraction of sp³-hybridized carbons (Fsp3) is 0.533. The Hall–Kier alpha value is -1.49. The number of nitrogens with one attached hydrogen (secondary N) is 2. The van der Waals surface area contributed by atoms with Crippen molar-refractivity contribution in [1.82, 2.24) is 9.44 Å². The van der Waals surface area contributed by atoms with Gasteiger partial charge in [-0.05, 0) is 43.4 Å². The van der Waals surface area contributed by atoms with Crippen LogP contribution in [-0.2, 0) is 24.8 Å². The highest BCUT2D eigenvalue weighted by Crippen LogP contribution is 2.23. The molecule has 1 saturated carbocycles. The van der Waals surface area contributed by atoms with Crippen molar-refractivity contribution in [1.29, 1.82) is 0 Å². The molecule has 3 N–H and O–H groups in total. The van der Waals surface area contributed by atoms with Crippen LogP contribution in [0.3, 0.4) is 0 Å². The van der Waals surface area contributed by atoms with E-state index in [9.17, 15) is 26.7 Å². The topological polar surface area (TPSA) is 130 Å². The van der Waals surface area contributed by atoms with Gasteiger partial charge in [0.1, 0.15) is 6.04 Å². The van der Waals surface area contributed by atoms with E-state index in [4.69, 9.17) is 0 Å². The van der Waals surface area contributed by atoms with Crippen LogP contribution in [0.5, 0.6) is 0 Å². The monoisotopic (exact) mass is 390 g/mol. The fourth-order valence-corrected chi connectivity index (χ4v) is 4.90. The Morgan fingerprint density at radius 2 is 1.72 bits per heavy atom. The van der Waals surface area contributed by atoms with E-state index in [0.717, 1.165) is 18.9 Å². The maximum absolute atomic E-state index is 12.5. The number of sulfonamides is 2. The molecule has 1 aliphatic rings. The molecule has 10 heteroatoms. The van der Waals surface area contributed by atoms with Gasteiger partial charge in [-0.25, -0.2) is 21.6 Å². The molecule has 8 nitrogen and oxygen atoms in total. The number of aliphatic carboxylic acids is 1. The van der Waals surface area contributed by atoms with Crippen molar-refractivity contribution in [3.63, 3.8) is 0 Å². The maximum Gasteiger partial charge on any atom is 0.321 e. The zero-order valence-corrected chi connectivity index (χ0v) is 15.6. The van der Waals surface area contributed by atoms with E-state index in [2.05, 4.69) is 9.44 Å². The van der Waals surface area contributed by atoms with Crippen molar-refractivity contribution in [2.75, 3.05) is 0 Å². The van der Waals surface area contributed by atoms with E-state index < -0.39 is 32.1 Å². The van der Waals surface area contributed by atoms with Crippen LogP contribution < -0.4 is 9.44 Å². The summed E-state index contributed by atoms with van der Waals surface area (Å²) in [5, 5.41) is 9.19. The summed E-state index contributed by atoms with van der Waals surface area (Å²) in [6, 6.07) is 3.48. The first-order valence-corrected chi connectivity index (χ1v) is 10.9. The van der Waals surface area contributed by atoms with Crippen LogP contribution in [0.15, 0.2) is 34.1 Å². The van der Waals surface area contributed by atoms with E-state index in [-0.39, 0.29) is 28.2 Å². The molecule has 0 aromatic heterocycles. The van der Waals surface area contributed by atoms with Crippen LogP contribution in [0.2, 0.25) is 0 Å². The molecule has 2 rings (SSSR count). The van der Waals surface area contributed by atoms with Crippen molar-refractivity contribution in [2.45, 2.75) is 55.0 Å². The van der Waals surface area contributed by atoms with Crippen molar-refractivity contribution in [3.8, 4) is 0 Å². The number of rotatable bonds is 9. The molecule has 0 saturated heterocycles. The van der Waals surface area contributed by atoms with Gasteiger partial charge in [-0.2, -0.15) is 4.72 Å². The van der Waals surface area contributed by atoms with E-state index in [1.165, 1.54) is 18.2 Å². The Balaban J connectivity index is 2.27. The normalized spacial score (nSPS) is 16.8. The molecule has 0 spiro atoms. The second-order valence-corrected chi connectivity index (χ2v) is 9.94. The molecule has 140 valence electrons. The summed E-state index contributed by atoms with van der Waals surface area (Å²) in [5.41, 5.74) is 0. The molecule has 1 aromatic rings. The van der Waals surface area contributed by atoms with Crippen LogP contribution in [0.4, 0.5) is 0 Å². The summed E-state index contributed by atoms with van der Waals surface area (Å²) in [4.78, 5) is 10.8. The second-order valence-electron chi connectivity index (χ2n) is 6.51.